The number of esters is 1. The minimum absolute atomic E-state index is 0.00933. The fraction of sp³-hybridized carbons (Fsp3) is 0.667. The summed E-state index contributed by atoms with van der Waals surface area (Å²) >= 11 is 0. The largest absolute Gasteiger partial charge is 0.464 e. The molecule has 0 saturated heterocycles. The summed E-state index contributed by atoms with van der Waals surface area (Å²) in [4.78, 5) is 23.3. The molecule has 1 saturated carbocycles. The highest BCUT2D eigenvalue weighted by Crippen LogP contribution is 2.27. The quantitative estimate of drug-likeness (QED) is 0.692. The molecular weight excluding hydrogens is 264 g/mol. The third kappa shape index (κ3) is 3.53. The normalized spacial score (nSPS) is 14.1. The molecule has 8 heteroatoms. The lowest BCUT2D eigenvalue weighted by Gasteiger charge is -2.07. The summed E-state index contributed by atoms with van der Waals surface area (Å²) in [6.07, 6.45) is 2.34. The van der Waals surface area contributed by atoms with Gasteiger partial charge < -0.3 is 14.8 Å². The zero-order valence-electron chi connectivity index (χ0n) is 11.6. The first-order valence-electron chi connectivity index (χ1n) is 6.42. The van der Waals surface area contributed by atoms with Crippen LogP contribution in [0.5, 0.6) is 0 Å². The molecule has 1 fully saturated rings. The number of carbonyl (C=O) groups is 2. The van der Waals surface area contributed by atoms with Crippen molar-refractivity contribution in [3.63, 3.8) is 0 Å². The second-order valence-electron chi connectivity index (χ2n) is 4.71. The summed E-state index contributed by atoms with van der Waals surface area (Å²) in [5.41, 5.74) is 0.505. The van der Waals surface area contributed by atoms with Gasteiger partial charge in [-0.15, -0.1) is 5.10 Å². The topological polar surface area (TPSA) is 95.3 Å². The van der Waals surface area contributed by atoms with Crippen molar-refractivity contribution >= 4 is 11.9 Å². The minimum atomic E-state index is -0.596. The van der Waals surface area contributed by atoms with Gasteiger partial charge >= 0.3 is 5.97 Å². The molecule has 0 radical (unpaired) electrons. The van der Waals surface area contributed by atoms with Gasteiger partial charge in [0, 0.05) is 13.7 Å². The van der Waals surface area contributed by atoms with Gasteiger partial charge in [0.25, 0.3) is 0 Å². The van der Waals surface area contributed by atoms with E-state index in [1.807, 2.05) is 0 Å². The van der Waals surface area contributed by atoms with E-state index in [1.54, 1.807) is 0 Å². The van der Waals surface area contributed by atoms with Gasteiger partial charge in [0.1, 0.15) is 6.54 Å². The Labute approximate surface area is 116 Å². The minimum Gasteiger partial charge on any atom is -0.464 e. The van der Waals surface area contributed by atoms with Crippen molar-refractivity contribution in [2.75, 3.05) is 20.8 Å². The van der Waals surface area contributed by atoms with Crippen LogP contribution in [-0.4, -0.2) is 47.6 Å². The van der Waals surface area contributed by atoms with Crippen LogP contribution in [0.15, 0.2) is 0 Å². The number of amides is 1. The molecule has 0 unspecified atom stereocenters. The second kappa shape index (κ2) is 6.47. The van der Waals surface area contributed by atoms with Crippen molar-refractivity contribution < 1.29 is 19.1 Å². The number of methoxy groups -OCH3 is 2. The fourth-order valence-corrected chi connectivity index (χ4v) is 1.77. The van der Waals surface area contributed by atoms with E-state index < -0.39 is 5.97 Å². The smallest absolute Gasteiger partial charge is 0.360 e. The maximum absolute atomic E-state index is 11.8. The van der Waals surface area contributed by atoms with Gasteiger partial charge in [-0.05, 0) is 18.8 Å². The Kier molecular flexibility index (Phi) is 4.67. The number of nitrogens with zero attached hydrogens (tertiary/aromatic N) is 3. The van der Waals surface area contributed by atoms with Gasteiger partial charge in [0.05, 0.1) is 19.4 Å². The van der Waals surface area contributed by atoms with Crippen molar-refractivity contribution in [2.45, 2.75) is 26.0 Å². The van der Waals surface area contributed by atoms with Crippen LogP contribution in [0, 0.1) is 5.92 Å². The summed E-state index contributed by atoms with van der Waals surface area (Å²) in [5, 5.41) is 10.4. The maximum Gasteiger partial charge on any atom is 0.360 e. The van der Waals surface area contributed by atoms with Gasteiger partial charge in [-0.2, -0.15) is 0 Å². The van der Waals surface area contributed by atoms with Crippen LogP contribution in [-0.2, 0) is 27.4 Å². The zero-order valence-corrected chi connectivity index (χ0v) is 11.6. The Morgan fingerprint density at radius 1 is 1.40 bits per heavy atom. The summed E-state index contributed by atoms with van der Waals surface area (Å²) in [6, 6.07) is 0. The van der Waals surface area contributed by atoms with Gasteiger partial charge in [-0.3, -0.25) is 4.79 Å². The SMILES string of the molecule is COCc1c(C(=O)OC)nnn1CC(=O)NCC1CC1. The van der Waals surface area contributed by atoms with Crippen molar-refractivity contribution in [3.05, 3.63) is 11.4 Å². The zero-order chi connectivity index (χ0) is 14.5. The van der Waals surface area contributed by atoms with Crippen molar-refractivity contribution in [1.29, 1.82) is 0 Å². The number of rotatable bonds is 7. The summed E-state index contributed by atoms with van der Waals surface area (Å²) in [7, 11) is 2.76. The standard InChI is InChI=1S/C12H18N4O4/c1-19-7-9-11(12(18)20-2)14-15-16(9)6-10(17)13-5-8-3-4-8/h8H,3-7H2,1-2H3,(H,13,17). The van der Waals surface area contributed by atoms with E-state index in [2.05, 4.69) is 20.4 Å². The summed E-state index contributed by atoms with van der Waals surface area (Å²) < 4.78 is 11.0. The number of ether oxygens (including phenoxy) is 2. The lowest BCUT2D eigenvalue weighted by atomic mass is 10.3. The van der Waals surface area contributed by atoms with Crippen molar-refractivity contribution in [1.82, 2.24) is 20.3 Å². The van der Waals surface area contributed by atoms with Gasteiger partial charge in [0.15, 0.2) is 5.69 Å². The van der Waals surface area contributed by atoms with Gasteiger partial charge in [-0.1, -0.05) is 5.21 Å². The maximum atomic E-state index is 11.8. The van der Waals surface area contributed by atoms with Crippen LogP contribution >= 0.6 is 0 Å². The molecule has 0 aromatic carbocycles. The third-order valence-corrected chi connectivity index (χ3v) is 3.08. The molecule has 0 spiro atoms. The molecule has 8 nitrogen and oxygen atoms in total. The van der Waals surface area contributed by atoms with Crippen LogP contribution < -0.4 is 5.32 Å². The Morgan fingerprint density at radius 2 is 2.15 bits per heavy atom. The van der Waals surface area contributed by atoms with Crippen LogP contribution in [0.25, 0.3) is 0 Å². The molecule has 1 amide bonds. The van der Waals surface area contributed by atoms with Crippen molar-refractivity contribution in [3.8, 4) is 0 Å². The molecule has 0 aliphatic heterocycles. The molecule has 20 heavy (non-hydrogen) atoms. The van der Waals surface area contributed by atoms with E-state index in [0.29, 0.717) is 18.2 Å². The molecule has 1 heterocycles. The van der Waals surface area contributed by atoms with Crippen LogP contribution in [0.3, 0.4) is 0 Å². The van der Waals surface area contributed by atoms with Crippen LogP contribution in [0.4, 0.5) is 0 Å². The average Bonchev–Trinajstić information content (AvgIpc) is 3.20. The van der Waals surface area contributed by atoms with Crippen LogP contribution in [0.2, 0.25) is 0 Å². The highest BCUT2D eigenvalue weighted by Gasteiger charge is 2.23. The molecule has 1 aliphatic carbocycles. The number of aromatic nitrogens is 3. The third-order valence-electron chi connectivity index (χ3n) is 3.08. The number of nitrogens with one attached hydrogen (secondary N) is 1. The molecule has 2 rings (SSSR count). The molecule has 1 aromatic rings. The van der Waals surface area contributed by atoms with E-state index >= 15 is 0 Å². The number of hydrogen-bond donors (Lipinski definition) is 1. The van der Waals surface area contributed by atoms with E-state index in [4.69, 9.17) is 4.74 Å². The van der Waals surface area contributed by atoms with E-state index in [9.17, 15) is 9.59 Å². The Hall–Kier alpha value is -1.96. The number of hydrogen-bond acceptors (Lipinski definition) is 6. The Balaban J connectivity index is 2.03. The van der Waals surface area contributed by atoms with E-state index in [-0.39, 0.29) is 24.8 Å². The predicted molar refractivity (Wildman–Crippen MR) is 67.8 cm³/mol. The molecule has 1 aromatic heterocycles. The molecule has 0 atom stereocenters. The first-order valence-corrected chi connectivity index (χ1v) is 6.42. The number of carbonyl (C=O) groups excluding carboxylic acids is 2. The molecule has 110 valence electrons. The highest BCUT2D eigenvalue weighted by molar-refractivity contribution is 5.88. The molecule has 1 aliphatic rings. The van der Waals surface area contributed by atoms with Gasteiger partial charge in [0.2, 0.25) is 5.91 Å². The second-order valence-corrected chi connectivity index (χ2v) is 4.71. The summed E-state index contributed by atoms with van der Waals surface area (Å²) in [5.74, 6) is -0.143. The lowest BCUT2D eigenvalue weighted by Crippen LogP contribution is -2.30. The average molecular weight is 282 g/mol. The monoisotopic (exact) mass is 282 g/mol. The Morgan fingerprint density at radius 3 is 2.75 bits per heavy atom. The predicted octanol–water partition coefficient (Wildman–Crippen LogP) is -0.263. The fourth-order valence-electron chi connectivity index (χ4n) is 1.77. The first-order chi connectivity index (χ1) is 9.65. The highest BCUT2D eigenvalue weighted by atomic mass is 16.5. The van der Waals surface area contributed by atoms with Crippen molar-refractivity contribution in [2.24, 2.45) is 5.92 Å². The Bertz CT molecular complexity index is 496. The first kappa shape index (κ1) is 14.4. The molecule has 1 N–H and O–H groups in total. The van der Waals surface area contributed by atoms with E-state index in [1.165, 1.54) is 31.7 Å². The molecular formula is C12H18N4O4. The summed E-state index contributed by atoms with van der Waals surface area (Å²) in [6.45, 7) is 0.833. The van der Waals surface area contributed by atoms with E-state index in [0.717, 1.165) is 0 Å². The van der Waals surface area contributed by atoms with Crippen LogP contribution in [0.1, 0.15) is 29.0 Å². The lowest BCUT2D eigenvalue weighted by molar-refractivity contribution is -0.122. The van der Waals surface area contributed by atoms with Gasteiger partial charge in [-0.25, -0.2) is 9.48 Å². The molecule has 0 bridgehead atoms.